The Balaban J connectivity index is 0.879. The molecule has 0 bridgehead atoms. The lowest BCUT2D eigenvalue weighted by Crippen LogP contribution is -2.56. The number of benzene rings is 5. The Kier molecular flexibility index (Phi) is 14.4. The molecule has 5 aromatic carbocycles. The fraction of sp³-hybridized carbons (Fsp3) is 0.317. The van der Waals surface area contributed by atoms with Crippen molar-refractivity contribution in [1.29, 1.82) is 0 Å². The normalized spacial score (nSPS) is 19.2. The molecule has 4 aliphatic rings. The highest BCUT2D eigenvalue weighted by atomic mass is 16.5. The van der Waals surface area contributed by atoms with Crippen LogP contribution in [0.25, 0.3) is 22.5 Å². The third kappa shape index (κ3) is 10.6. The van der Waals surface area contributed by atoms with E-state index in [2.05, 4.69) is 70.0 Å². The molecule has 0 spiro atoms. The number of hydrogen-bond donors (Lipinski definition) is 7. The van der Waals surface area contributed by atoms with Crippen molar-refractivity contribution < 1.29 is 29.3 Å². The third-order valence-electron chi connectivity index (χ3n) is 16.3. The van der Waals surface area contributed by atoms with Crippen LogP contribution in [0.2, 0.25) is 0 Å². The van der Waals surface area contributed by atoms with Gasteiger partial charge in [-0.05, 0) is 128 Å². The highest BCUT2D eigenvalue weighted by molar-refractivity contribution is 6.00. The molecule has 0 aliphatic carbocycles. The summed E-state index contributed by atoms with van der Waals surface area (Å²) in [5.74, 6) is 0.432. The van der Waals surface area contributed by atoms with Crippen LogP contribution >= 0.6 is 0 Å². The van der Waals surface area contributed by atoms with E-state index in [1.807, 2.05) is 91.0 Å². The minimum Gasteiger partial charge on any atom is -0.507 e. The molecular weight excluding hydrogens is 985 g/mol. The first-order valence-corrected chi connectivity index (χ1v) is 26.8. The molecular formula is C60H64N12O6. The minimum atomic E-state index is -0.786. The van der Waals surface area contributed by atoms with Crippen molar-refractivity contribution in [3.8, 4) is 39.8 Å². The molecule has 7 aromatic rings. The molecule has 4 fully saturated rings. The number of imide groups is 1. The SMILES string of the molecule is Nc1nnc(-c2cc(C(C(=O)NC3(c4ccccc4)CCN(c4cc(-c5ccccc5O)nnc4N)CC3)N3CCC(c4ccc(O[C@H]5CCC(=O)NC5=O)cc4)CC3)ccc2O)cc1N1CCC(N)(c2ccccc2)CC1. The van der Waals surface area contributed by atoms with E-state index in [0.29, 0.717) is 117 Å². The summed E-state index contributed by atoms with van der Waals surface area (Å²) < 4.78 is 5.98. The van der Waals surface area contributed by atoms with Gasteiger partial charge in [-0.15, -0.1) is 20.4 Å². The second-order valence-electron chi connectivity index (χ2n) is 21.1. The summed E-state index contributed by atoms with van der Waals surface area (Å²) in [6.45, 7) is 3.49. The van der Waals surface area contributed by atoms with Crippen LogP contribution < -0.4 is 42.4 Å². The first-order valence-electron chi connectivity index (χ1n) is 26.8. The van der Waals surface area contributed by atoms with Crippen LogP contribution in [0, 0.1) is 0 Å². The average molecular weight is 1050 g/mol. The number of amides is 3. The monoisotopic (exact) mass is 1050 g/mol. The maximum absolute atomic E-state index is 15.7. The Morgan fingerprint density at radius 1 is 0.641 bits per heavy atom. The summed E-state index contributed by atoms with van der Waals surface area (Å²) in [6, 6.07) is 43.2. The van der Waals surface area contributed by atoms with Gasteiger partial charge in [0, 0.05) is 55.7 Å². The fourth-order valence-electron chi connectivity index (χ4n) is 11.8. The number of nitrogens with zero attached hydrogens (tertiary/aromatic N) is 7. The summed E-state index contributed by atoms with van der Waals surface area (Å²) in [7, 11) is 0. The molecule has 78 heavy (non-hydrogen) atoms. The number of nitrogens with one attached hydrogen (secondary N) is 2. The second kappa shape index (κ2) is 21.8. The molecule has 400 valence electrons. The molecule has 18 nitrogen and oxygen atoms in total. The van der Waals surface area contributed by atoms with Crippen molar-refractivity contribution in [2.45, 2.75) is 80.5 Å². The van der Waals surface area contributed by atoms with Crippen LogP contribution in [-0.4, -0.2) is 98.6 Å². The molecule has 0 saturated carbocycles. The van der Waals surface area contributed by atoms with Gasteiger partial charge < -0.3 is 47.3 Å². The van der Waals surface area contributed by atoms with Crippen LogP contribution in [0.1, 0.15) is 85.6 Å². The predicted octanol–water partition coefficient (Wildman–Crippen LogP) is 7.05. The largest absolute Gasteiger partial charge is 0.507 e. The highest BCUT2D eigenvalue weighted by Gasteiger charge is 2.42. The molecule has 18 heteroatoms. The molecule has 1 unspecified atom stereocenters. The number of anilines is 4. The lowest BCUT2D eigenvalue weighted by Gasteiger charge is -2.45. The number of rotatable bonds is 13. The number of phenolic OH excluding ortho intramolecular Hbond substituents is 2. The molecule has 3 amide bonds. The van der Waals surface area contributed by atoms with Gasteiger partial charge in [0.1, 0.15) is 23.3 Å². The molecule has 11 rings (SSSR count). The van der Waals surface area contributed by atoms with Crippen LogP contribution in [0.15, 0.2) is 140 Å². The number of carbonyl (C=O) groups is 3. The smallest absolute Gasteiger partial charge is 0.267 e. The molecule has 6 heterocycles. The number of piperidine rings is 4. The maximum atomic E-state index is 15.7. The van der Waals surface area contributed by atoms with Gasteiger partial charge in [0.25, 0.3) is 5.91 Å². The van der Waals surface area contributed by atoms with Gasteiger partial charge in [0.05, 0.1) is 28.3 Å². The van der Waals surface area contributed by atoms with Crippen molar-refractivity contribution in [1.82, 2.24) is 35.9 Å². The lowest BCUT2D eigenvalue weighted by atomic mass is 9.80. The quantitative estimate of drug-likeness (QED) is 0.0571. The van der Waals surface area contributed by atoms with Gasteiger partial charge in [-0.2, -0.15) is 0 Å². The van der Waals surface area contributed by atoms with Gasteiger partial charge in [-0.1, -0.05) is 91.0 Å². The fourth-order valence-corrected chi connectivity index (χ4v) is 11.8. The van der Waals surface area contributed by atoms with E-state index >= 15 is 4.79 Å². The number of aromatic hydroxyl groups is 2. The molecule has 4 saturated heterocycles. The Bertz CT molecular complexity index is 3310. The van der Waals surface area contributed by atoms with Gasteiger partial charge in [0.2, 0.25) is 11.8 Å². The Morgan fingerprint density at radius 2 is 1.21 bits per heavy atom. The zero-order valence-corrected chi connectivity index (χ0v) is 43.3. The summed E-state index contributed by atoms with van der Waals surface area (Å²) in [5.41, 5.74) is 25.9. The number of nitrogen functional groups attached to an aromatic ring is 2. The van der Waals surface area contributed by atoms with Gasteiger partial charge in [-0.25, -0.2) is 0 Å². The summed E-state index contributed by atoms with van der Waals surface area (Å²) >= 11 is 0. The number of phenols is 2. The topological polar surface area (TPSA) is 264 Å². The van der Waals surface area contributed by atoms with E-state index < -0.39 is 29.1 Å². The zero-order valence-electron chi connectivity index (χ0n) is 43.3. The van der Waals surface area contributed by atoms with Crippen LogP contribution in [0.3, 0.4) is 0 Å². The highest BCUT2D eigenvalue weighted by Crippen LogP contribution is 2.42. The Labute approximate surface area is 452 Å². The number of ether oxygens (including phenoxy) is 1. The van der Waals surface area contributed by atoms with Crippen molar-refractivity contribution >= 4 is 40.7 Å². The van der Waals surface area contributed by atoms with E-state index in [1.54, 1.807) is 24.3 Å². The molecule has 0 radical (unpaired) electrons. The standard InChI is InChI=1S/C60H64N12O6/c61-55-48(36-46(66-68-55)44-13-7-8-14-50(44)73)71-33-27-60(28-34-71,42-11-5-2-6-12-42)65-58(77)54(72-29-23-39(24-30-72)38-15-18-43(19-16-38)78-52-21-22-53(75)64-57(52)76)40-17-20-51(74)45(35-40)47-37-49(56(62)69-67-47)70-31-25-59(63,26-32-70)41-9-3-1-4-10-41/h1-20,35-37,39,52,54,73-74H,21-34,63H2,(H2,61,68)(H2,62,69)(H,65,77)(H,64,75,76)/t52-,54?/m0/s1. The van der Waals surface area contributed by atoms with Crippen molar-refractivity contribution in [2.75, 3.05) is 60.5 Å². The first kappa shape index (κ1) is 51.5. The molecule has 4 aliphatic heterocycles. The van der Waals surface area contributed by atoms with Gasteiger partial charge >= 0.3 is 0 Å². The number of para-hydroxylation sites is 1. The van der Waals surface area contributed by atoms with Gasteiger partial charge in [-0.3, -0.25) is 24.6 Å². The number of hydrogen-bond acceptors (Lipinski definition) is 16. The number of aromatic nitrogens is 4. The molecule has 10 N–H and O–H groups in total. The maximum Gasteiger partial charge on any atom is 0.267 e. The molecule has 2 atom stereocenters. The summed E-state index contributed by atoms with van der Waals surface area (Å²) in [4.78, 5) is 46.4. The molecule has 2 aromatic heterocycles. The third-order valence-corrected chi connectivity index (χ3v) is 16.3. The van der Waals surface area contributed by atoms with Crippen LogP contribution in [0.4, 0.5) is 23.0 Å². The zero-order chi connectivity index (χ0) is 54.0. The van der Waals surface area contributed by atoms with E-state index in [9.17, 15) is 19.8 Å². The van der Waals surface area contributed by atoms with E-state index in [4.69, 9.17) is 21.9 Å². The predicted molar refractivity (Wildman–Crippen MR) is 298 cm³/mol. The summed E-state index contributed by atoms with van der Waals surface area (Å²) in [5, 5.41) is 45.8. The second-order valence-corrected chi connectivity index (χ2v) is 21.1. The first-order chi connectivity index (χ1) is 37.8. The summed E-state index contributed by atoms with van der Waals surface area (Å²) in [6.07, 6.45) is 3.80. The average Bonchev–Trinajstić information content (AvgIpc) is 3.54. The van der Waals surface area contributed by atoms with Crippen molar-refractivity contribution in [2.24, 2.45) is 5.73 Å². The van der Waals surface area contributed by atoms with E-state index in [1.165, 1.54) is 0 Å². The number of nitrogens with two attached hydrogens (primary N) is 3. The lowest BCUT2D eigenvalue weighted by molar-refractivity contribution is -0.139. The Hall–Kier alpha value is -8.61. The van der Waals surface area contributed by atoms with Crippen LogP contribution in [0.5, 0.6) is 17.2 Å². The number of likely N-dealkylation sites (tertiary alicyclic amines) is 1. The van der Waals surface area contributed by atoms with Gasteiger partial charge in [0.15, 0.2) is 17.7 Å². The van der Waals surface area contributed by atoms with Crippen molar-refractivity contribution in [3.05, 3.63) is 162 Å². The van der Waals surface area contributed by atoms with E-state index in [0.717, 1.165) is 29.5 Å². The van der Waals surface area contributed by atoms with E-state index in [-0.39, 0.29) is 47.3 Å². The van der Waals surface area contributed by atoms with Crippen molar-refractivity contribution in [3.63, 3.8) is 0 Å². The Morgan fingerprint density at radius 3 is 1.82 bits per heavy atom. The van der Waals surface area contributed by atoms with Crippen LogP contribution in [-0.2, 0) is 25.5 Å². The number of carbonyl (C=O) groups excluding carboxylic acids is 3. The minimum absolute atomic E-state index is 0.0148.